The van der Waals surface area contributed by atoms with Crippen LogP contribution in [0.4, 0.5) is 4.79 Å². The Bertz CT molecular complexity index is 1260. The van der Waals surface area contributed by atoms with Crippen LogP contribution in [-0.4, -0.2) is 70.6 Å². The third-order valence-electron chi connectivity index (χ3n) is 5.36. The van der Waals surface area contributed by atoms with Crippen molar-refractivity contribution in [3.8, 4) is 23.0 Å². The van der Waals surface area contributed by atoms with E-state index in [0.717, 1.165) is 12.0 Å². The van der Waals surface area contributed by atoms with Gasteiger partial charge < -0.3 is 14.4 Å². The molecular formula is C23H29N9O3. The average molecular weight is 480 g/mol. The topological polar surface area (TPSA) is 137 Å². The highest BCUT2D eigenvalue weighted by molar-refractivity contribution is 5.80. The molecule has 184 valence electrons. The SMILES string of the molecule is CCC(CCN(C)C(=O)OC(C)(C)C)n1ncc2c(Oc3ccc(-c4nnn[nH]4)cc3)ncnc21. The Morgan fingerprint density at radius 3 is 2.63 bits per heavy atom. The Balaban J connectivity index is 1.48. The van der Waals surface area contributed by atoms with Crippen molar-refractivity contribution in [2.24, 2.45) is 0 Å². The number of benzene rings is 1. The first-order valence-electron chi connectivity index (χ1n) is 11.4. The number of aromatic amines is 1. The van der Waals surface area contributed by atoms with Crippen LogP contribution in [0.25, 0.3) is 22.4 Å². The summed E-state index contributed by atoms with van der Waals surface area (Å²) in [6, 6.07) is 7.38. The number of nitrogens with one attached hydrogen (secondary N) is 1. The zero-order chi connectivity index (χ0) is 25.0. The van der Waals surface area contributed by atoms with E-state index in [9.17, 15) is 4.79 Å². The van der Waals surface area contributed by atoms with E-state index < -0.39 is 5.60 Å². The molecule has 35 heavy (non-hydrogen) atoms. The highest BCUT2D eigenvalue weighted by Crippen LogP contribution is 2.30. The standard InChI is InChI=1S/C23H29N9O3/c1-6-16(11-12-31(5)22(33)35-23(2,3)4)32-20-18(13-26-32)21(25-14-24-20)34-17-9-7-15(8-10-17)19-27-29-30-28-19/h7-10,13-14,16H,6,11-12H2,1-5H3,(H,27,28,29,30). The first-order valence-corrected chi connectivity index (χ1v) is 11.4. The normalized spacial score (nSPS) is 12.5. The maximum Gasteiger partial charge on any atom is 0.410 e. The van der Waals surface area contributed by atoms with Gasteiger partial charge in [0.05, 0.1) is 12.2 Å². The number of hydrogen-bond acceptors (Lipinski definition) is 9. The number of amides is 1. The van der Waals surface area contributed by atoms with Gasteiger partial charge in [-0.15, -0.1) is 5.10 Å². The van der Waals surface area contributed by atoms with Crippen LogP contribution in [0.1, 0.15) is 46.6 Å². The van der Waals surface area contributed by atoms with E-state index in [1.165, 1.54) is 6.33 Å². The molecule has 1 N–H and O–H groups in total. The second-order valence-electron chi connectivity index (χ2n) is 9.13. The molecular weight excluding hydrogens is 450 g/mol. The lowest BCUT2D eigenvalue weighted by molar-refractivity contribution is 0.0290. The molecule has 0 fully saturated rings. The van der Waals surface area contributed by atoms with Gasteiger partial charge in [0.1, 0.15) is 23.1 Å². The highest BCUT2D eigenvalue weighted by atomic mass is 16.6. The molecule has 0 bridgehead atoms. The minimum Gasteiger partial charge on any atom is -0.444 e. The summed E-state index contributed by atoms with van der Waals surface area (Å²) in [5.41, 5.74) is 0.977. The maximum atomic E-state index is 12.3. The molecule has 0 aliphatic carbocycles. The summed E-state index contributed by atoms with van der Waals surface area (Å²) in [5, 5.41) is 19.1. The fraction of sp³-hybridized carbons (Fsp3) is 0.435. The number of tetrazole rings is 1. The predicted molar refractivity (Wildman–Crippen MR) is 128 cm³/mol. The summed E-state index contributed by atoms with van der Waals surface area (Å²) in [5.74, 6) is 1.60. The third kappa shape index (κ3) is 5.70. The van der Waals surface area contributed by atoms with Gasteiger partial charge in [-0.2, -0.15) is 5.10 Å². The summed E-state index contributed by atoms with van der Waals surface area (Å²) in [4.78, 5) is 22.6. The van der Waals surface area contributed by atoms with Crippen molar-refractivity contribution >= 4 is 17.1 Å². The van der Waals surface area contributed by atoms with Gasteiger partial charge in [-0.25, -0.2) is 24.5 Å². The summed E-state index contributed by atoms with van der Waals surface area (Å²) in [6.45, 7) is 8.16. The molecule has 3 heterocycles. The summed E-state index contributed by atoms with van der Waals surface area (Å²) in [6.07, 6.45) is 4.34. The van der Waals surface area contributed by atoms with Gasteiger partial charge in [-0.1, -0.05) is 6.92 Å². The van der Waals surface area contributed by atoms with Crippen LogP contribution in [0.2, 0.25) is 0 Å². The van der Waals surface area contributed by atoms with E-state index in [1.54, 1.807) is 18.1 Å². The second-order valence-corrected chi connectivity index (χ2v) is 9.13. The Morgan fingerprint density at radius 2 is 1.97 bits per heavy atom. The molecule has 4 rings (SSSR count). The summed E-state index contributed by atoms with van der Waals surface area (Å²) < 4.78 is 13.3. The number of aromatic nitrogens is 8. The van der Waals surface area contributed by atoms with Gasteiger partial charge in [0.2, 0.25) is 5.88 Å². The van der Waals surface area contributed by atoms with E-state index >= 15 is 0 Å². The van der Waals surface area contributed by atoms with Crippen molar-refractivity contribution in [3.63, 3.8) is 0 Å². The lowest BCUT2D eigenvalue weighted by atomic mass is 10.1. The first kappa shape index (κ1) is 24.0. The Hall–Kier alpha value is -4.09. The van der Waals surface area contributed by atoms with Crippen LogP contribution in [0.15, 0.2) is 36.8 Å². The van der Waals surface area contributed by atoms with E-state index in [0.29, 0.717) is 41.5 Å². The van der Waals surface area contributed by atoms with Crippen molar-refractivity contribution in [3.05, 3.63) is 36.8 Å². The number of ether oxygens (including phenoxy) is 2. The molecule has 4 aromatic rings. The zero-order valence-electron chi connectivity index (χ0n) is 20.5. The molecule has 0 spiro atoms. The van der Waals surface area contributed by atoms with Crippen LogP contribution in [0, 0.1) is 0 Å². The number of nitrogens with zero attached hydrogens (tertiary/aromatic N) is 8. The lowest BCUT2D eigenvalue weighted by Gasteiger charge is -2.26. The van der Waals surface area contributed by atoms with Crippen molar-refractivity contribution in [1.82, 2.24) is 45.3 Å². The van der Waals surface area contributed by atoms with Crippen molar-refractivity contribution in [1.29, 1.82) is 0 Å². The van der Waals surface area contributed by atoms with Crippen LogP contribution < -0.4 is 4.74 Å². The van der Waals surface area contributed by atoms with E-state index in [4.69, 9.17) is 9.47 Å². The molecule has 1 unspecified atom stereocenters. The Morgan fingerprint density at radius 1 is 1.20 bits per heavy atom. The van der Waals surface area contributed by atoms with Gasteiger partial charge in [0.15, 0.2) is 11.5 Å². The fourth-order valence-corrected chi connectivity index (χ4v) is 3.54. The van der Waals surface area contributed by atoms with Crippen molar-refractivity contribution < 1.29 is 14.3 Å². The van der Waals surface area contributed by atoms with Crippen LogP contribution in [0.3, 0.4) is 0 Å². The quantitative estimate of drug-likeness (QED) is 0.397. The number of hydrogen-bond donors (Lipinski definition) is 1. The molecule has 0 radical (unpaired) electrons. The molecule has 1 atom stereocenters. The monoisotopic (exact) mass is 479 g/mol. The van der Waals surface area contributed by atoms with Gasteiger partial charge in [-0.05, 0) is 68.3 Å². The van der Waals surface area contributed by atoms with Crippen molar-refractivity contribution in [2.75, 3.05) is 13.6 Å². The smallest absolute Gasteiger partial charge is 0.410 e. The summed E-state index contributed by atoms with van der Waals surface area (Å²) >= 11 is 0. The number of fused-ring (bicyclic) bond motifs is 1. The highest BCUT2D eigenvalue weighted by Gasteiger charge is 2.22. The maximum absolute atomic E-state index is 12.3. The van der Waals surface area contributed by atoms with Crippen molar-refractivity contribution in [2.45, 2.75) is 52.2 Å². The number of carbonyl (C=O) groups is 1. The molecule has 1 amide bonds. The molecule has 12 nitrogen and oxygen atoms in total. The molecule has 0 saturated heterocycles. The van der Waals surface area contributed by atoms with Crippen LogP contribution in [0.5, 0.6) is 11.6 Å². The molecule has 0 aliphatic rings. The minimum absolute atomic E-state index is 0.0370. The van der Waals surface area contributed by atoms with Crippen LogP contribution in [-0.2, 0) is 4.74 Å². The molecule has 1 aromatic carbocycles. The van der Waals surface area contributed by atoms with Gasteiger partial charge in [-0.3, -0.25) is 0 Å². The average Bonchev–Trinajstić information content (AvgIpc) is 3.50. The van der Waals surface area contributed by atoms with Gasteiger partial charge in [0.25, 0.3) is 0 Å². The van der Waals surface area contributed by atoms with E-state index in [-0.39, 0.29) is 12.1 Å². The second kappa shape index (κ2) is 10.0. The number of rotatable bonds is 8. The zero-order valence-corrected chi connectivity index (χ0v) is 20.5. The molecule has 0 saturated carbocycles. The minimum atomic E-state index is -0.533. The molecule has 3 aromatic heterocycles. The number of H-pyrrole nitrogens is 1. The van der Waals surface area contributed by atoms with Gasteiger partial charge in [0, 0.05) is 19.2 Å². The fourth-order valence-electron chi connectivity index (χ4n) is 3.54. The van der Waals surface area contributed by atoms with Gasteiger partial charge >= 0.3 is 6.09 Å². The van der Waals surface area contributed by atoms with E-state index in [1.807, 2.05) is 49.7 Å². The number of carbonyl (C=O) groups excluding carboxylic acids is 1. The third-order valence-corrected chi connectivity index (χ3v) is 5.36. The predicted octanol–water partition coefficient (Wildman–Crippen LogP) is 4.01. The Kier molecular flexibility index (Phi) is 6.90. The van der Waals surface area contributed by atoms with E-state index in [2.05, 4.69) is 42.6 Å². The van der Waals surface area contributed by atoms with Crippen LogP contribution >= 0.6 is 0 Å². The first-order chi connectivity index (χ1) is 16.7. The lowest BCUT2D eigenvalue weighted by Crippen LogP contribution is -2.35. The largest absolute Gasteiger partial charge is 0.444 e. The summed E-state index contributed by atoms with van der Waals surface area (Å²) in [7, 11) is 1.74. The molecule has 12 heteroatoms. The molecule has 0 aliphatic heterocycles. The Labute approximate surface area is 202 Å².